The smallest absolute Gasteiger partial charge is 0.237 e. The summed E-state index contributed by atoms with van der Waals surface area (Å²) in [6, 6.07) is 20.3. The molecule has 0 saturated carbocycles. The summed E-state index contributed by atoms with van der Waals surface area (Å²) in [4.78, 5) is 27.0. The predicted octanol–water partition coefficient (Wildman–Crippen LogP) is 2.54. The fraction of sp³-hybridized carbons (Fsp3) is 0.391. The lowest BCUT2D eigenvalue weighted by Crippen LogP contribution is -2.57. The molecular formula is C23H29N3O2. The van der Waals surface area contributed by atoms with Crippen LogP contribution in [0.1, 0.15) is 36.8 Å². The van der Waals surface area contributed by atoms with Crippen LogP contribution < -0.4 is 10.6 Å². The molecule has 2 amide bonds. The normalized spacial score (nSPS) is 17.4. The van der Waals surface area contributed by atoms with Crippen molar-refractivity contribution < 1.29 is 9.59 Å². The maximum atomic E-state index is 12.5. The zero-order chi connectivity index (χ0) is 19.8. The fourth-order valence-corrected chi connectivity index (χ4v) is 3.72. The van der Waals surface area contributed by atoms with Crippen molar-refractivity contribution in [3.05, 3.63) is 71.8 Å². The molecule has 2 aromatic rings. The van der Waals surface area contributed by atoms with E-state index in [2.05, 4.69) is 39.8 Å². The third-order valence-corrected chi connectivity index (χ3v) is 5.21. The van der Waals surface area contributed by atoms with Crippen LogP contribution in [0.15, 0.2) is 60.7 Å². The van der Waals surface area contributed by atoms with Gasteiger partial charge in [-0.25, -0.2) is 0 Å². The summed E-state index contributed by atoms with van der Waals surface area (Å²) < 4.78 is 0. The van der Waals surface area contributed by atoms with Crippen molar-refractivity contribution in [1.29, 1.82) is 0 Å². The Hall–Kier alpha value is -2.66. The minimum Gasteiger partial charge on any atom is -0.356 e. The number of carbonyl (C=O) groups excluding carboxylic acids is 2. The summed E-state index contributed by atoms with van der Waals surface area (Å²) in [5.41, 5.74) is 2.43. The summed E-state index contributed by atoms with van der Waals surface area (Å²) in [7, 11) is 0. The molecule has 0 bridgehead atoms. The zero-order valence-corrected chi connectivity index (χ0v) is 16.4. The van der Waals surface area contributed by atoms with Crippen LogP contribution in [0.25, 0.3) is 0 Å². The summed E-state index contributed by atoms with van der Waals surface area (Å²) in [5, 5.41) is 5.81. The molecule has 0 unspecified atom stereocenters. The van der Waals surface area contributed by atoms with E-state index in [9.17, 15) is 9.59 Å². The van der Waals surface area contributed by atoms with E-state index in [4.69, 9.17) is 0 Å². The molecule has 0 spiro atoms. The highest BCUT2D eigenvalue weighted by molar-refractivity contribution is 5.88. The van der Waals surface area contributed by atoms with Crippen molar-refractivity contribution in [3.63, 3.8) is 0 Å². The van der Waals surface area contributed by atoms with Crippen LogP contribution in [0, 0.1) is 0 Å². The van der Waals surface area contributed by atoms with Crippen molar-refractivity contribution in [3.8, 4) is 0 Å². The first-order valence-electron chi connectivity index (χ1n) is 10.1. The van der Waals surface area contributed by atoms with Crippen LogP contribution in [0.3, 0.4) is 0 Å². The molecule has 1 fully saturated rings. The van der Waals surface area contributed by atoms with Gasteiger partial charge in [0.2, 0.25) is 11.8 Å². The topological polar surface area (TPSA) is 61.4 Å². The number of hydrogen-bond acceptors (Lipinski definition) is 3. The molecule has 1 saturated heterocycles. The van der Waals surface area contributed by atoms with Crippen LogP contribution in [0.5, 0.6) is 0 Å². The number of piperazine rings is 1. The van der Waals surface area contributed by atoms with Gasteiger partial charge in [-0.15, -0.1) is 0 Å². The first kappa shape index (κ1) is 20.1. The molecule has 0 aromatic heterocycles. The van der Waals surface area contributed by atoms with E-state index in [1.165, 1.54) is 11.1 Å². The molecule has 5 heteroatoms. The molecule has 1 aliphatic rings. The van der Waals surface area contributed by atoms with Crippen LogP contribution in [-0.2, 0) is 9.59 Å². The molecule has 0 radical (unpaired) electrons. The van der Waals surface area contributed by atoms with Crippen molar-refractivity contribution in [2.45, 2.75) is 31.7 Å². The molecule has 5 nitrogen and oxygen atoms in total. The molecule has 2 aromatic carbocycles. The largest absolute Gasteiger partial charge is 0.356 e. The molecule has 148 valence electrons. The van der Waals surface area contributed by atoms with E-state index in [1.54, 1.807) is 0 Å². The molecule has 0 aliphatic carbocycles. The monoisotopic (exact) mass is 379 g/mol. The molecule has 28 heavy (non-hydrogen) atoms. The SMILES string of the molecule is CCCNC(=O)C[C@@H]1C(=O)NCCN1CC(c1ccccc1)c1ccccc1. The quantitative estimate of drug-likeness (QED) is 0.741. The van der Waals surface area contributed by atoms with E-state index in [1.807, 2.05) is 43.3 Å². The first-order chi connectivity index (χ1) is 13.7. The molecular weight excluding hydrogens is 350 g/mol. The number of carbonyl (C=O) groups is 2. The number of nitrogens with one attached hydrogen (secondary N) is 2. The minimum absolute atomic E-state index is 0.0576. The average Bonchev–Trinajstić information content (AvgIpc) is 2.74. The molecule has 3 rings (SSSR count). The lowest BCUT2D eigenvalue weighted by atomic mass is 9.90. The van der Waals surface area contributed by atoms with Gasteiger partial charge in [0.05, 0.1) is 12.5 Å². The minimum atomic E-state index is -0.430. The molecule has 1 atom stereocenters. The third kappa shape index (κ3) is 5.20. The molecule has 1 heterocycles. The van der Waals surface area contributed by atoms with Gasteiger partial charge in [0, 0.05) is 32.1 Å². The van der Waals surface area contributed by atoms with Gasteiger partial charge in [-0.2, -0.15) is 0 Å². The Balaban J connectivity index is 1.81. The number of benzene rings is 2. The summed E-state index contributed by atoms with van der Waals surface area (Å²) in [6.07, 6.45) is 1.08. The Morgan fingerprint density at radius 2 is 1.71 bits per heavy atom. The predicted molar refractivity (Wildman–Crippen MR) is 111 cm³/mol. The summed E-state index contributed by atoms with van der Waals surface area (Å²) in [5.74, 6) is 0.0251. The van der Waals surface area contributed by atoms with E-state index in [-0.39, 0.29) is 24.2 Å². The molecule has 2 N–H and O–H groups in total. The van der Waals surface area contributed by atoms with Gasteiger partial charge in [0.25, 0.3) is 0 Å². The number of hydrogen-bond donors (Lipinski definition) is 2. The molecule has 1 aliphatic heterocycles. The maximum absolute atomic E-state index is 12.5. The van der Waals surface area contributed by atoms with Gasteiger partial charge >= 0.3 is 0 Å². The van der Waals surface area contributed by atoms with Gasteiger partial charge < -0.3 is 10.6 Å². The van der Waals surface area contributed by atoms with Gasteiger partial charge in [-0.3, -0.25) is 14.5 Å². The first-order valence-corrected chi connectivity index (χ1v) is 10.1. The van der Waals surface area contributed by atoms with Gasteiger partial charge in [0.1, 0.15) is 0 Å². The Kier molecular flexibility index (Phi) is 7.20. The van der Waals surface area contributed by atoms with E-state index in [0.717, 1.165) is 13.0 Å². The Bertz CT molecular complexity index is 724. The van der Waals surface area contributed by atoms with Crippen LogP contribution in [-0.4, -0.2) is 48.9 Å². The Labute approximate surface area is 167 Å². The standard InChI is InChI=1S/C23H29N3O2/c1-2-13-24-22(27)16-21-23(28)25-14-15-26(21)17-20(18-9-5-3-6-10-18)19-11-7-4-8-12-19/h3-12,20-21H,2,13-17H2,1H3,(H,24,27)(H,25,28)/t21-/m1/s1. The van der Waals surface area contributed by atoms with Crippen LogP contribution in [0.4, 0.5) is 0 Å². The van der Waals surface area contributed by atoms with Crippen LogP contribution >= 0.6 is 0 Å². The lowest BCUT2D eigenvalue weighted by Gasteiger charge is -2.37. The van der Waals surface area contributed by atoms with E-state index < -0.39 is 6.04 Å². The van der Waals surface area contributed by atoms with Crippen LogP contribution in [0.2, 0.25) is 0 Å². The van der Waals surface area contributed by atoms with Crippen molar-refractivity contribution >= 4 is 11.8 Å². The van der Waals surface area contributed by atoms with E-state index >= 15 is 0 Å². The second kappa shape index (κ2) is 10.0. The number of nitrogens with zero attached hydrogens (tertiary/aromatic N) is 1. The van der Waals surface area contributed by atoms with E-state index in [0.29, 0.717) is 19.6 Å². The second-order valence-electron chi connectivity index (χ2n) is 7.23. The maximum Gasteiger partial charge on any atom is 0.237 e. The highest BCUT2D eigenvalue weighted by Crippen LogP contribution is 2.27. The summed E-state index contributed by atoms with van der Waals surface area (Å²) >= 11 is 0. The fourth-order valence-electron chi connectivity index (χ4n) is 3.72. The second-order valence-corrected chi connectivity index (χ2v) is 7.23. The highest BCUT2D eigenvalue weighted by Gasteiger charge is 2.33. The average molecular weight is 380 g/mol. The van der Waals surface area contributed by atoms with Crippen molar-refractivity contribution in [2.75, 3.05) is 26.2 Å². The highest BCUT2D eigenvalue weighted by atomic mass is 16.2. The van der Waals surface area contributed by atoms with Gasteiger partial charge in [-0.05, 0) is 17.5 Å². The summed E-state index contributed by atoms with van der Waals surface area (Å²) in [6.45, 7) is 4.72. The van der Waals surface area contributed by atoms with Crippen molar-refractivity contribution in [1.82, 2.24) is 15.5 Å². The third-order valence-electron chi connectivity index (χ3n) is 5.21. The zero-order valence-electron chi connectivity index (χ0n) is 16.4. The number of rotatable bonds is 8. The van der Waals surface area contributed by atoms with Gasteiger partial charge in [-0.1, -0.05) is 67.6 Å². The van der Waals surface area contributed by atoms with Crippen molar-refractivity contribution in [2.24, 2.45) is 0 Å². The van der Waals surface area contributed by atoms with Gasteiger partial charge in [0.15, 0.2) is 0 Å². The lowest BCUT2D eigenvalue weighted by molar-refractivity contribution is -0.134. The number of amides is 2. The Morgan fingerprint density at radius 3 is 2.29 bits per heavy atom. The Morgan fingerprint density at radius 1 is 1.11 bits per heavy atom.